The van der Waals surface area contributed by atoms with Crippen molar-refractivity contribution in [2.45, 2.75) is 4.90 Å². The number of carbonyl (C=O) groups is 1. The van der Waals surface area contributed by atoms with E-state index in [1.807, 2.05) is 14.1 Å². The van der Waals surface area contributed by atoms with Crippen molar-refractivity contribution in [2.75, 3.05) is 31.9 Å². The van der Waals surface area contributed by atoms with Crippen LogP contribution in [-0.4, -0.2) is 41.5 Å². The predicted molar refractivity (Wildman–Crippen MR) is 104 cm³/mol. The molecule has 2 aromatic carbocycles. The summed E-state index contributed by atoms with van der Waals surface area (Å²) in [5.41, 5.74) is 0.648. The molecule has 2 aromatic rings. The number of hydrogen-bond acceptors (Lipinski definition) is 3. The second-order valence-electron chi connectivity index (χ2n) is 5.98. The molecule has 0 aromatic heterocycles. The Bertz CT molecular complexity index is 902. The molecule has 2 rings (SSSR count). The summed E-state index contributed by atoms with van der Waals surface area (Å²) >= 11 is 11.7. The van der Waals surface area contributed by atoms with Crippen LogP contribution in [-0.2, 0) is 10.0 Å². The molecule has 0 unspecified atom stereocenters. The van der Waals surface area contributed by atoms with Crippen LogP contribution in [0.4, 0.5) is 5.69 Å². The van der Waals surface area contributed by atoms with E-state index in [1.165, 1.54) is 29.2 Å². The molecule has 0 heterocycles. The van der Waals surface area contributed by atoms with Crippen molar-refractivity contribution in [3.63, 3.8) is 0 Å². The maximum Gasteiger partial charge on any atom is 0.261 e. The van der Waals surface area contributed by atoms with E-state index in [1.54, 1.807) is 18.2 Å². The first-order valence-corrected chi connectivity index (χ1v) is 10.1. The summed E-state index contributed by atoms with van der Waals surface area (Å²) in [6, 6.07) is 10.3. The van der Waals surface area contributed by atoms with Gasteiger partial charge in [0, 0.05) is 11.3 Å². The van der Waals surface area contributed by atoms with Crippen molar-refractivity contribution in [1.82, 2.24) is 5.32 Å². The highest BCUT2D eigenvalue weighted by Crippen LogP contribution is 2.26. The number of hydrogen-bond donors (Lipinski definition) is 3. The molecule has 3 N–H and O–H groups in total. The number of nitrogens with one attached hydrogen (secondary N) is 3. The normalized spacial score (nSPS) is 11.4. The fourth-order valence-corrected chi connectivity index (χ4v) is 3.55. The maximum absolute atomic E-state index is 12.5. The average Bonchev–Trinajstić information content (AvgIpc) is 2.56. The molecular formula is C17H20Cl2N3O3S+. The number of anilines is 1. The van der Waals surface area contributed by atoms with Crippen LogP contribution in [0.2, 0.25) is 10.0 Å². The van der Waals surface area contributed by atoms with Gasteiger partial charge >= 0.3 is 0 Å². The van der Waals surface area contributed by atoms with Crippen LogP contribution in [0, 0.1) is 0 Å². The van der Waals surface area contributed by atoms with Crippen molar-refractivity contribution in [3.8, 4) is 0 Å². The third kappa shape index (κ3) is 5.60. The minimum Gasteiger partial charge on any atom is -0.346 e. The summed E-state index contributed by atoms with van der Waals surface area (Å²) in [5.74, 6) is -0.262. The fraction of sp³-hybridized carbons (Fsp3) is 0.235. The van der Waals surface area contributed by atoms with Crippen molar-refractivity contribution in [1.29, 1.82) is 0 Å². The zero-order valence-electron chi connectivity index (χ0n) is 14.3. The number of benzene rings is 2. The lowest BCUT2D eigenvalue weighted by atomic mass is 10.2. The lowest BCUT2D eigenvalue weighted by molar-refractivity contribution is -0.856. The molecule has 9 heteroatoms. The Hall–Kier alpha value is -1.80. The van der Waals surface area contributed by atoms with Gasteiger partial charge in [0.1, 0.15) is 0 Å². The van der Waals surface area contributed by atoms with Crippen molar-refractivity contribution >= 4 is 44.8 Å². The quantitative estimate of drug-likeness (QED) is 0.641. The summed E-state index contributed by atoms with van der Waals surface area (Å²) in [6.07, 6.45) is 0. The standard InChI is InChI=1S/C17H19Cl2N3O3S/c1-22(2)9-8-20-17(23)12-4-3-5-13(10-12)21-26(24,25)14-6-7-15(18)16(19)11-14/h3-7,10-11,21H,8-9H2,1-2H3,(H,20,23)/p+1. The van der Waals surface area contributed by atoms with Crippen LogP contribution in [0.15, 0.2) is 47.4 Å². The van der Waals surface area contributed by atoms with Crippen LogP contribution in [0.1, 0.15) is 10.4 Å². The van der Waals surface area contributed by atoms with Crippen molar-refractivity contribution < 1.29 is 18.1 Å². The number of rotatable bonds is 7. The summed E-state index contributed by atoms with van der Waals surface area (Å²) in [5, 5.41) is 3.21. The number of likely N-dealkylation sites (N-methyl/N-ethyl adjacent to an activating group) is 1. The van der Waals surface area contributed by atoms with Crippen LogP contribution in [0.25, 0.3) is 0 Å². The smallest absolute Gasteiger partial charge is 0.261 e. The van der Waals surface area contributed by atoms with Gasteiger partial charge in [0.15, 0.2) is 0 Å². The molecule has 0 aliphatic carbocycles. The van der Waals surface area contributed by atoms with Crippen molar-refractivity contribution in [2.24, 2.45) is 0 Å². The third-order valence-corrected chi connectivity index (χ3v) is 5.61. The lowest BCUT2D eigenvalue weighted by Gasteiger charge is -2.11. The molecule has 26 heavy (non-hydrogen) atoms. The second kappa shape index (κ2) is 8.73. The first kappa shape index (κ1) is 20.5. The number of carbonyl (C=O) groups excluding carboxylic acids is 1. The number of amides is 1. The zero-order chi connectivity index (χ0) is 19.3. The first-order chi connectivity index (χ1) is 12.2. The molecule has 1 amide bonds. The van der Waals surface area contributed by atoms with Gasteiger partial charge < -0.3 is 10.2 Å². The summed E-state index contributed by atoms with van der Waals surface area (Å²) < 4.78 is 27.4. The molecule has 0 bridgehead atoms. The van der Waals surface area contributed by atoms with Gasteiger partial charge in [-0.2, -0.15) is 0 Å². The van der Waals surface area contributed by atoms with E-state index >= 15 is 0 Å². The predicted octanol–water partition coefficient (Wildman–Crippen LogP) is 1.67. The van der Waals surface area contributed by atoms with Gasteiger partial charge in [-0.05, 0) is 36.4 Å². The highest BCUT2D eigenvalue weighted by molar-refractivity contribution is 7.92. The topological polar surface area (TPSA) is 79.7 Å². The molecule has 0 fully saturated rings. The number of sulfonamides is 1. The van der Waals surface area contributed by atoms with E-state index in [0.29, 0.717) is 12.1 Å². The van der Waals surface area contributed by atoms with E-state index in [-0.39, 0.29) is 26.5 Å². The van der Waals surface area contributed by atoms with Gasteiger partial charge in [0.2, 0.25) is 0 Å². The molecule has 0 saturated carbocycles. The molecule has 0 radical (unpaired) electrons. The molecule has 0 atom stereocenters. The van der Waals surface area contributed by atoms with Crippen LogP contribution < -0.4 is 14.9 Å². The minimum absolute atomic E-state index is 0.0179. The highest BCUT2D eigenvalue weighted by atomic mass is 35.5. The fourth-order valence-electron chi connectivity index (χ4n) is 2.11. The zero-order valence-corrected chi connectivity index (χ0v) is 16.7. The van der Waals surface area contributed by atoms with Gasteiger partial charge in [-0.15, -0.1) is 0 Å². The van der Waals surface area contributed by atoms with Crippen LogP contribution >= 0.6 is 23.2 Å². The SMILES string of the molecule is C[NH+](C)CCNC(=O)c1cccc(NS(=O)(=O)c2ccc(Cl)c(Cl)c2)c1. The summed E-state index contributed by atoms with van der Waals surface area (Å²) in [6.45, 7) is 1.32. The van der Waals surface area contributed by atoms with E-state index in [9.17, 15) is 13.2 Å². The minimum atomic E-state index is -3.85. The van der Waals surface area contributed by atoms with Gasteiger partial charge in [-0.3, -0.25) is 9.52 Å². The Labute approximate surface area is 163 Å². The molecule has 0 saturated heterocycles. The van der Waals surface area contributed by atoms with E-state index < -0.39 is 10.0 Å². The second-order valence-corrected chi connectivity index (χ2v) is 8.47. The van der Waals surface area contributed by atoms with Crippen LogP contribution in [0.5, 0.6) is 0 Å². The lowest BCUT2D eigenvalue weighted by Crippen LogP contribution is -3.06. The molecule has 6 nitrogen and oxygen atoms in total. The van der Waals surface area contributed by atoms with E-state index in [2.05, 4.69) is 10.0 Å². The Morgan fingerprint density at radius 1 is 1.08 bits per heavy atom. The molecular weight excluding hydrogens is 397 g/mol. The summed E-state index contributed by atoms with van der Waals surface area (Å²) in [7, 11) is 0.130. The Balaban J connectivity index is 2.14. The Morgan fingerprint density at radius 2 is 1.81 bits per heavy atom. The molecule has 0 spiro atoms. The molecule has 0 aliphatic heterocycles. The van der Waals surface area contributed by atoms with Crippen molar-refractivity contribution in [3.05, 3.63) is 58.1 Å². The number of quaternary nitrogens is 1. The highest BCUT2D eigenvalue weighted by Gasteiger charge is 2.16. The molecule has 0 aliphatic rings. The van der Waals surface area contributed by atoms with E-state index in [0.717, 1.165) is 6.54 Å². The first-order valence-electron chi connectivity index (χ1n) is 7.84. The maximum atomic E-state index is 12.5. The Kier molecular flexibility index (Phi) is 6.88. The monoisotopic (exact) mass is 416 g/mol. The van der Waals surface area contributed by atoms with E-state index in [4.69, 9.17) is 23.2 Å². The van der Waals surface area contributed by atoms with Gasteiger partial charge in [0.05, 0.1) is 42.1 Å². The third-order valence-electron chi connectivity index (χ3n) is 3.49. The molecule has 140 valence electrons. The average molecular weight is 417 g/mol. The number of halogens is 2. The Morgan fingerprint density at radius 3 is 2.46 bits per heavy atom. The summed E-state index contributed by atoms with van der Waals surface area (Å²) in [4.78, 5) is 13.4. The largest absolute Gasteiger partial charge is 0.346 e. The van der Waals surface area contributed by atoms with Gasteiger partial charge in [-0.25, -0.2) is 8.42 Å². The van der Waals surface area contributed by atoms with Gasteiger partial charge in [-0.1, -0.05) is 29.3 Å². The van der Waals surface area contributed by atoms with Crippen LogP contribution in [0.3, 0.4) is 0 Å². The van der Waals surface area contributed by atoms with Gasteiger partial charge in [0.25, 0.3) is 15.9 Å².